The standard InChI is InChI=1S/C17H24N2/c1-2-6-14-13(5-1)8-9-15(14)18-16-10-12-19-11-4-3-7-17(16)19/h1-2,5-6,15-18H,3-4,7-12H2. The van der Waals surface area contributed by atoms with E-state index in [0.29, 0.717) is 6.04 Å². The van der Waals surface area contributed by atoms with E-state index in [-0.39, 0.29) is 0 Å². The third-order valence-electron chi connectivity index (χ3n) is 5.40. The van der Waals surface area contributed by atoms with Gasteiger partial charge in [0.2, 0.25) is 0 Å². The fraction of sp³-hybridized carbons (Fsp3) is 0.647. The molecule has 0 amide bonds. The van der Waals surface area contributed by atoms with Crippen molar-refractivity contribution in [3.05, 3.63) is 35.4 Å². The van der Waals surface area contributed by atoms with E-state index in [1.807, 2.05) is 0 Å². The Kier molecular flexibility index (Phi) is 3.08. The van der Waals surface area contributed by atoms with Gasteiger partial charge in [0, 0.05) is 24.7 Å². The zero-order valence-corrected chi connectivity index (χ0v) is 11.6. The second kappa shape index (κ2) is 4.92. The number of rotatable bonds is 2. The van der Waals surface area contributed by atoms with Gasteiger partial charge in [-0.2, -0.15) is 0 Å². The monoisotopic (exact) mass is 256 g/mol. The molecule has 102 valence electrons. The Balaban J connectivity index is 1.48. The molecule has 2 saturated heterocycles. The van der Waals surface area contributed by atoms with Crippen LogP contribution in [0.2, 0.25) is 0 Å². The highest BCUT2D eigenvalue weighted by Crippen LogP contribution is 2.34. The van der Waals surface area contributed by atoms with E-state index in [1.54, 1.807) is 11.1 Å². The van der Waals surface area contributed by atoms with E-state index in [9.17, 15) is 0 Å². The van der Waals surface area contributed by atoms with Crippen molar-refractivity contribution in [1.29, 1.82) is 0 Å². The van der Waals surface area contributed by atoms with E-state index in [2.05, 4.69) is 34.5 Å². The molecule has 1 N–H and O–H groups in total. The minimum absolute atomic E-state index is 0.614. The maximum absolute atomic E-state index is 3.99. The molecule has 1 aliphatic carbocycles. The fourth-order valence-corrected chi connectivity index (χ4v) is 4.43. The van der Waals surface area contributed by atoms with Crippen molar-refractivity contribution in [3.63, 3.8) is 0 Å². The van der Waals surface area contributed by atoms with Gasteiger partial charge in [0.1, 0.15) is 0 Å². The highest BCUT2D eigenvalue weighted by molar-refractivity contribution is 5.34. The first-order valence-corrected chi connectivity index (χ1v) is 8.00. The fourth-order valence-electron chi connectivity index (χ4n) is 4.43. The molecule has 0 radical (unpaired) electrons. The molecule has 2 aliphatic heterocycles. The van der Waals surface area contributed by atoms with Gasteiger partial charge in [-0.15, -0.1) is 0 Å². The van der Waals surface area contributed by atoms with Gasteiger partial charge < -0.3 is 5.32 Å². The number of benzene rings is 1. The Bertz CT molecular complexity index is 456. The SMILES string of the molecule is c1ccc2c(c1)CCC2NC1CCN2CCCCC12. The molecule has 0 spiro atoms. The predicted molar refractivity (Wildman–Crippen MR) is 78.3 cm³/mol. The number of hydrogen-bond acceptors (Lipinski definition) is 2. The average molecular weight is 256 g/mol. The summed E-state index contributed by atoms with van der Waals surface area (Å²) < 4.78 is 0. The number of nitrogens with one attached hydrogen (secondary N) is 1. The molecule has 3 unspecified atom stereocenters. The van der Waals surface area contributed by atoms with Gasteiger partial charge in [0.25, 0.3) is 0 Å². The highest BCUT2D eigenvalue weighted by Gasteiger charge is 2.37. The quantitative estimate of drug-likeness (QED) is 0.875. The highest BCUT2D eigenvalue weighted by atomic mass is 15.2. The number of fused-ring (bicyclic) bond motifs is 2. The molecule has 2 heteroatoms. The zero-order chi connectivity index (χ0) is 12.7. The number of hydrogen-bond donors (Lipinski definition) is 1. The average Bonchev–Trinajstić information content (AvgIpc) is 3.05. The number of aryl methyl sites for hydroxylation is 1. The van der Waals surface area contributed by atoms with Gasteiger partial charge in [-0.3, -0.25) is 4.90 Å². The summed E-state index contributed by atoms with van der Waals surface area (Å²) in [6.45, 7) is 2.65. The molecule has 19 heavy (non-hydrogen) atoms. The molecule has 0 saturated carbocycles. The van der Waals surface area contributed by atoms with Gasteiger partial charge in [0.15, 0.2) is 0 Å². The number of piperidine rings is 1. The van der Waals surface area contributed by atoms with E-state index in [0.717, 1.165) is 12.1 Å². The smallest absolute Gasteiger partial charge is 0.0329 e. The maximum Gasteiger partial charge on any atom is 0.0329 e. The Morgan fingerprint density at radius 1 is 1.00 bits per heavy atom. The van der Waals surface area contributed by atoms with Gasteiger partial charge in [-0.1, -0.05) is 30.7 Å². The summed E-state index contributed by atoms with van der Waals surface area (Å²) in [7, 11) is 0. The van der Waals surface area contributed by atoms with Crippen molar-refractivity contribution in [3.8, 4) is 0 Å². The van der Waals surface area contributed by atoms with Crippen LogP contribution in [0.15, 0.2) is 24.3 Å². The molecule has 3 aliphatic rings. The lowest BCUT2D eigenvalue weighted by atomic mass is 9.97. The summed E-state index contributed by atoms with van der Waals surface area (Å²) in [5, 5.41) is 3.99. The molecule has 2 nitrogen and oxygen atoms in total. The topological polar surface area (TPSA) is 15.3 Å². The van der Waals surface area contributed by atoms with Crippen molar-refractivity contribution in [2.75, 3.05) is 13.1 Å². The van der Waals surface area contributed by atoms with E-state index < -0.39 is 0 Å². The van der Waals surface area contributed by atoms with E-state index in [4.69, 9.17) is 0 Å². The van der Waals surface area contributed by atoms with E-state index in [1.165, 1.54) is 51.6 Å². The molecule has 0 aromatic heterocycles. The van der Waals surface area contributed by atoms with Crippen LogP contribution >= 0.6 is 0 Å². The Labute approximate surface area is 116 Å². The van der Waals surface area contributed by atoms with Crippen molar-refractivity contribution in [2.45, 2.75) is 56.7 Å². The first-order valence-electron chi connectivity index (χ1n) is 8.00. The van der Waals surface area contributed by atoms with Crippen molar-refractivity contribution in [1.82, 2.24) is 10.2 Å². The van der Waals surface area contributed by atoms with Crippen LogP contribution in [0.3, 0.4) is 0 Å². The lowest BCUT2D eigenvalue weighted by molar-refractivity contribution is 0.176. The second-order valence-electron chi connectivity index (χ2n) is 6.45. The van der Waals surface area contributed by atoms with Crippen LogP contribution in [0.5, 0.6) is 0 Å². The molecule has 0 bridgehead atoms. The third-order valence-corrected chi connectivity index (χ3v) is 5.40. The van der Waals surface area contributed by atoms with Gasteiger partial charge in [-0.05, 0) is 49.8 Å². The molecular formula is C17H24N2. The normalized spacial score (nSPS) is 34.2. The summed E-state index contributed by atoms with van der Waals surface area (Å²) in [4.78, 5) is 2.72. The van der Waals surface area contributed by atoms with Crippen molar-refractivity contribution >= 4 is 0 Å². The Morgan fingerprint density at radius 2 is 1.95 bits per heavy atom. The molecule has 3 atom stereocenters. The molecule has 1 aromatic carbocycles. The summed E-state index contributed by atoms with van der Waals surface area (Å²) in [6.07, 6.45) is 8.16. The molecule has 1 aromatic rings. The first kappa shape index (κ1) is 11.9. The number of nitrogens with zero attached hydrogens (tertiary/aromatic N) is 1. The maximum atomic E-state index is 3.99. The van der Waals surface area contributed by atoms with Crippen LogP contribution in [0, 0.1) is 0 Å². The minimum atomic E-state index is 0.614. The van der Waals surface area contributed by atoms with Crippen molar-refractivity contribution < 1.29 is 0 Å². The van der Waals surface area contributed by atoms with Crippen LogP contribution in [0.4, 0.5) is 0 Å². The molecule has 4 rings (SSSR count). The Hall–Kier alpha value is -0.860. The third kappa shape index (κ3) is 2.11. The largest absolute Gasteiger partial charge is 0.306 e. The lowest BCUT2D eigenvalue weighted by Crippen LogP contribution is -2.45. The van der Waals surface area contributed by atoms with Crippen molar-refractivity contribution in [2.24, 2.45) is 0 Å². The zero-order valence-electron chi connectivity index (χ0n) is 11.6. The van der Waals surface area contributed by atoms with Gasteiger partial charge >= 0.3 is 0 Å². The van der Waals surface area contributed by atoms with Crippen LogP contribution < -0.4 is 5.32 Å². The summed E-state index contributed by atoms with van der Waals surface area (Å²) in [5.74, 6) is 0. The Morgan fingerprint density at radius 3 is 2.95 bits per heavy atom. The molecule has 2 fully saturated rings. The summed E-state index contributed by atoms with van der Waals surface area (Å²) >= 11 is 0. The van der Waals surface area contributed by atoms with Gasteiger partial charge in [-0.25, -0.2) is 0 Å². The van der Waals surface area contributed by atoms with E-state index >= 15 is 0 Å². The van der Waals surface area contributed by atoms with Crippen LogP contribution in [-0.4, -0.2) is 30.1 Å². The molecular weight excluding hydrogens is 232 g/mol. The lowest BCUT2D eigenvalue weighted by Gasteiger charge is -2.34. The summed E-state index contributed by atoms with van der Waals surface area (Å²) in [6, 6.07) is 11.2. The first-order chi connectivity index (χ1) is 9.42. The van der Waals surface area contributed by atoms with Crippen LogP contribution in [-0.2, 0) is 6.42 Å². The molecule has 2 heterocycles. The minimum Gasteiger partial charge on any atom is -0.306 e. The van der Waals surface area contributed by atoms with Gasteiger partial charge in [0.05, 0.1) is 0 Å². The van der Waals surface area contributed by atoms with Crippen LogP contribution in [0.25, 0.3) is 0 Å². The summed E-state index contributed by atoms with van der Waals surface area (Å²) in [5.41, 5.74) is 3.13. The predicted octanol–water partition coefficient (Wildman–Crippen LogP) is 2.89. The van der Waals surface area contributed by atoms with Crippen LogP contribution in [0.1, 0.15) is 49.3 Å². The second-order valence-corrected chi connectivity index (χ2v) is 6.45.